The third-order valence-corrected chi connectivity index (χ3v) is 3.20. The number of carbonyl (C=O) groups is 2. The fourth-order valence-corrected chi connectivity index (χ4v) is 2.22. The summed E-state index contributed by atoms with van der Waals surface area (Å²) >= 11 is 11.7. The fourth-order valence-electron chi connectivity index (χ4n) is 1.72. The van der Waals surface area contributed by atoms with E-state index in [1.54, 1.807) is 6.07 Å². The molecule has 0 atom stereocenters. The monoisotopic (exact) mass is 296 g/mol. The Balaban J connectivity index is 2.44. The summed E-state index contributed by atoms with van der Waals surface area (Å²) in [6.07, 6.45) is 1.42. The number of benzene rings is 1. The largest absolute Gasteiger partial charge is 0.543 e. The van der Waals surface area contributed by atoms with E-state index in [4.69, 9.17) is 23.2 Å². The van der Waals surface area contributed by atoms with Crippen molar-refractivity contribution in [3.05, 3.63) is 57.3 Å². The van der Waals surface area contributed by atoms with Gasteiger partial charge in [-0.25, -0.2) is 0 Å². The second-order valence-corrected chi connectivity index (χ2v) is 4.81. The summed E-state index contributed by atoms with van der Waals surface area (Å²) in [5, 5.41) is 11.5. The van der Waals surface area contributed by atoms with E-state index < -0.39 is 5.97 Å². The van der Waals surface area contributed by atoms with Crippen LogP contribution in [0.5, 0.6) is 0 Å². The molecular formula is C13H8Cl2NO3-. The van der Waals surface area contributed by atoms with Crippen LogP contribution in [-0.4, -0.2) is 16.3 Å². The third kappa shape index (κ3) is 2.64. The number of halogens is 2. The van der Waals surface area contributed by atoms with Gasteiger partial charge in [-0.1, -0.05) is 23.2 Å². The molecule has 0 N–H and O–H groups in total. The van der Waals surface area contributed by atoms with Gasteiger partial charge >= 0.3 is 0 Å². The maximum atomic E-state index is 12.2. The first kappa shape index (κ1) is 13.6. The Morgan fingerprint density at radius 3 is 2.42 bits per heavy atom. The molecule has 0 spiro atoms. The lowest BCUT2D eigenvalue weighted by Gasteiger charge is -2.02. The molecule has 19 heavy (non-hydrogen) atoms. The van der Waals surface area contributed by atoms with Crippen molar-refractivity contribution in [1.82, 2.24) is 4.57 Å². The zero-order valence-corrected chi connectivity index (χ0v) is 11.3. The molecule has 2 aromatic rings. The summed E-state index contributed by atoms with van der Waals surface area (Å²) in [6.45, 7) is 0. The molecule has 0 saturated heterocycles. The van der Waals surface area contributed by atoms with Crippen LogP contribution in [0.3, 0.4) is 0 Å². The molecule has 0 unspecified atom stereocenters. The van der Waals surface area contributed by atoms with Crippen LogP contribution in [-0.2, 0) is 7.05 Å². The number of aryl methyl sites for hydroxylation is 1. The van der Waals surface area contributed by atoms with E-state index in [2.05, 4.69) is 0 Å². The Morgan fingerprint density at radius 2 is 1.89 bits per heavy atom. The predicted octanol–water partition coefficient (Wildman–Crippen LogP) is 1.93. The molecule has 0 aliphatic carbocycles. The predicted molar refractivity (Wildman–Crippen MR) is 69.6 cm³/mol. The minimum absolute atomic E-state index is 0.0755. The van der Waals surface area contributed by atoms with Crippen molar-refractivity contribution in [2.24, 2.45) is 7.05 Å². The maximum Gasteiger partial charge on any atom is 0.196 e. The summed E-state index contributed by atoms with van der Waals surface area (Å²) in [6, 6.07) is 5.75. The topological polar surface area (TPSA) is 62.1 Å². The normalized spacial score (nSPS) is 10.5. The molecule has 0 amide bonds. The van der Waals surface area contributed by atoms with Gasteiger partial charge < -0.3 is 14.5 Å². The van der Waals surface area contributed by atoms with Crippen molar-refractivity contribution in [1.29, 1.82) is 0 Å². The van der Waals surface area contributed by atoms with E-state index in [0.717, 1.165) is 0 Å². The van der Waals surface area contributed by atoms with E-state index in [9.17, 15) is 14.7 Å². The Labute approximate surface area is 119 Å². The molecule has 1 heterocycles. The highest BCUT2D eigenvalue weighted by Gasteiger charge is 2.16. The van der Waals surface area contributed by atoms with Gasteiger partial charge in [-0.3, -0.25) is 4.79 Å². The molecule has 1 aromatic heterocycles. The van der Waals surface area contributed by atoms with Crippen molar-refractivity contribution < 1.29 is 14.7 Å². The van der Waals surface area contributed by atoms with E-state index in [1.165, 1.54) is 36.0 Å². The SMILES string of the molecule is Cn1cc(C(=O)c2ccc(Cl)cc2Cl)cc1C(=O)[O-]. The quantitative estimate of drug-likeness (QED) is 0.813. The van der Waals surface area contributed by atoms with Crippen LogP contribution >= 0.6 is 23.2 Å². The highest BCUT2D eigenvalue weighted by atomic mass is 35.5. The zero-order chi connectivity index (χ0) is 14.2. The van der Waals surface area contributed by atoms with Gasteiger partial charge in [0.05, 0.1) is 16.7 Å². The van der Waals surface area contributed by atoms with Crippen molar-refractivity contribution in [3.8, 4) is 0 Å². The number of aromatic nitrogens is 1. The average molecular weight is 297 g/mol. The lowest BCUT2D eigenvalue weighted by molar-refractivity contribution is -0.255. The van der Waals surface area contributed by atoms with Gasteiger partial charge in [0.2, 0.25) is 0 Å². The minimum Gasteiger partial charge on any atom is -0.543 e. The number of ketones is 1. The number of hydrogen-bond donors (Lipinski definition) is 0. The first-order valence-electron chi connectivity index (χ1n) is 5.27. The zero-order valence-electron chi connectivity index (χ0n) is 9.81. The van der Waals surface area contributed by atoms with Crippen molar-refractivity contribution >= 4 is 35.0 Å². The van der Waals surface area contributed by atoms with Crippen LogP contribution in [0.2, 0.25) is 10.0 Å². The summed E-state index contributed by atoms with van der Waals surface area (Å²) < 4.78 is 1.31. The molecule has 2 rings (SSSR count). The number of rotatable bonds is 3. The number of carboxylic acids is 1. The highest BCUT2D eigenvalue weighted by Crippen LogP contribution is 2.24. The van der Waals surface area contributed by atoms with Gasteiger partial charge in [-0.15, -0.1) is 0 Å². The van der Waals surface area contributed by atoms with Crippen LogP contribution in [0, 0.1) is 0 Å². The molecular weight excluding hydrogens is 289 g/mol. The third-order valence-electron chi connectivity index (χ3n) is 2.65. The van der Waals surface area contributed by atoms with Gasteiger partial charge in [0.15, 0.2) is 5.78 Å². The van der Waals surface area contributed by atoms with E-state index in [1.807, 2.05) is 0 Å². The second-order valence-electron chi connectivity index (χ2n) is 3.97. The van der Waals surface area contributed by atoms with Crippen LogP contribution in [0.25, 0.3) is 0 Å². The van der Waals surface area contributed by atoms with Crippen LogP contribution in [0.15, 0.2) is 30.5 Å². The molecule has 0 bridgehead atoms. The lowest BCUT2D eigenvalue weighted by Crippen LogP contribution is -2.24. The van der Waals surface area contributed by atoms with E-state index in [0.29, 0.717) is 5.02 Å². The summed E-state index contributed by atoms with van der Waals surface area (Å²) in [5.41, 5.74) is 0.418. The van der Waals surface area contributed by atoms with Crippen LogP contribution in [0.4, 0.5) is 0 Å². The molecule has 4 nitrogen and oxygen atoms in total. The standard InChI is InChI=1S/C13H9Cl2NO3/c1-16-6-7(4-11(16)13(18)19)12(17)9-3-2-8(14)5-10(9)15/h2-6H,1H3,(H,18,19)/p-1. The van der Waals surface area contributed by atoms with Crippen molar-refractivity contribution in [3.63, 3.8) is 0 Å². The maximum absolute atomic E-state index is 12.2. The molecule has 0 aliphatic heterocycles. The van der Waals surface area contributed by atoms with Gasteiger partial charge in [-0.2, -0.15) is 0 Å². The number of hydrogen-bond acceptors (Lipinski definition) is 3. The number of carboxylic acid groups (broad SMARTS) is 1. The number of nitrogens with zero attached hydrogens (tertiary/aromatic N) is 1. The highest BCUT2D eigenvalue weighted by molar-refractivity contribution is 6.37. The van der Waals surface area contributed by atoms with Gasteiger partial charge in [-0.05, 0) is 24.3 Å². The Kier molecular flexibility index (Phi) is 3.64. The molecule has 1 aromatic carbocycles. The average Bonchev–Trinajstić information content (AvgIpc) is 2.70. The van der Waals surface area contributed by atoms with Gasteiger partial charge in [0.25, 0.3) is 0 Å². The Bertz CT molecular complexity index is 677. The first-order valence-corrected chi connectivity index (χ1v) is 6.03. The van der Waals surface area contributed by atoms with Crippen molar-refractivity contribution in [2.45, 2.75) is 0 Å². The molecule has 0 saturated carbocycles. The van der Waals surface area contributed by atoms with E-state index >= 15 is 0 Å². The number of carbonyl (C=O) groups excluding carboxylic acids is 2. The molecule has 0 fully saturated rings. The smallest absolute Gasteiger partial charge is 0.196 e. The Morgan fingerprint density at radius 1 is 1.21 bits per heavy atom. The van der Waals surface area contributed by atoms with Crippen LogP contribution in [0.1, 0.15) is 26.4 Å². The molecule has 98 valence electrons. The molecule has 6 heteroatoms. The second kappa shape index (κ2) is 5.07. The first-order chi connectivity index (χ1) is 8.90. The summed E-state index contributed by atoms with van der Waals surface area (Å²) in [4.78, 5) is 23.0. The van der Waals surface area contributed by atoms with Gasteiger partial charge in [0.1, 0.15) is 0 Å². The Hall–Kier alpha value is -1.78. The van der Waals surface area contributed by atoms with Crippen molar-refractivity contribution in [2.75, 3.05) is 0 Å². The van der Waals surface area contributed by atoms with Gasteiger partial charge in [0, 0.05) is 29.4 Å². The summed E-state index contributed by atoms with van der Waals surface area (Å²) in [7, 11) is 1.52. The molecule has 0 aliphatic rings. The number of aromatic carboxylic acids is 1. The minimum atomic E-state index is -1.34. The summed E-state index contributed by atoms with van der Waals surface area (Å²) in [5.74, 6) is -1.71. The van der Waals surface area contributed by atoms with E-state index in [-0.39, 0.29) is 27.6 Å². The van der Waals surface area contributed by atoms with Crippen LogP contribution < -0.4 is 5.11 Å². The fraction of sp³-hybridized carbons (Fsp3) is 0.0769. The molecule has 0 radical (unpaired) electrons. The lowest BCUT2D eigenvalue weighted by atomic mass is 10.1.